The van der Waals surface area contributed by atoms with Crippen LogP contribution >= 0.6 is 0 Å². The fourth-order valence-corrected chi connectivity index (χ4v) is 4.52. The third-order valence-electron chi connectivity index (χ3n) is 5.26. The van der Waals surface area contributed by atoms with Gasteiger partial charge in [-0.25, -0.2) is 14.2 Å². The maximum Gasteiger partial charge on any atom is 0.380 e. The molecule has 0 radical (unpaired) electrons. The summed E-state index contributed by atoms with van der Waals surface area (Å²) in [6.45, 7) is 0.325. The van der Waals surface area contributed by atoms with Crippen molar-refractivity contribution in [2.45, 2.75) is 32.0 Å². The van der Waals surface area contributed by atoms with E-state index in [1.54, 1.807) is 0 Å². The summed E-state index contributed by atoms with van der Waals surface area (Å²) in [7, 11) is 0.409. The van der Waals surface area contributed by atoms with Crippen molar-refractivity contribution in [3.63, 3.8) is 0 Å². The average molecular weight is 455 g/mol. The van der Waals surface area contributed by atoms with Crippen LogP contribution in [0.4, 0.5) is 4.39 Å². The molecule has 0 saturated carbocycles. The monoisotopic (exact) mass is 454 g/mol. The zero-order valence-corrected chi connectivity index (χ0v) is 18.2. The molecule has 3 N–H and O–H groups in total. The average Bonchev–Trinajstić information content (AvgIpc) is 2.74. The van der Waals surface area contributed by atoms with E-state index in [2.05, 4.69) is 10.3 Å². The van der Waals surface area contributed by atoms with Crippen molar-refractivity contribution in [2.24, 2.45) is 0 Å². The number of H-pyrrole nitrogens is 1. The molecular formula is C19H25FN5O5S+. The number of hydrogen-bond donors (Lipinski definition) is 2. The predicted octanol–water partition coefficient (Wildman–Crippen LogP) is 0.0102. The minimum absolute atomic E-state index is 0.0448. The summed E-state index contributed by atoms with van der Waals surface area (Å²) in [5.41, 5.74) is -0.513. The molecule has 1 aliphatic heterocycles. The molecule has 0 spiro atoms. The fraction of sp³-hybridized carbons (Fsp3) is 0.421. The number of aromatic amines is 1. The van der Waals surface area contributed by atoms with Crippen LogP contribution in [0, 0.1) is 5.82 Å². The van der Waals surface area contributed by atoms with E-state index in [0.717, 1.165) is 8.61 Å². The van der Waals surface area contributed by atoms with Gasteiger partial charge in [-0.3, -0.25) is 4.79 Å². The highest BCUT2D eigenvalue weighted by Crippen LogP contribution is 2.29. The first-order valence-corrected chi connectivity index (χ1v) is 11.0. The number of nitrogens with zero attached hydrogens (tertiary/aromatic N) is 3. The second kappa shape index (κ2) is 8.73. The summed E-state index contributed by atoms with van der Waals surface area (Å²) < 4.78 is 41.6. The maximum atomic E-state index is 13.0. The van der Waals surface area contributed by atoms with E-state index in [1.165, 1.54) is 50.0 Å². The summed E-state index contributed by atoms with van der Waals surface area (Å²) >= 11 is 0. The van der Waals surface area contributed by atoms with Crippen LogP contribution in [-0.2, 0) is 23.3 Å². The normalized spacial score (nSPS) is 16.4. The van der Waals surface area contributed by atoms with Crippen LogP contribution < -0.4 is 15.9 Å². The second-order valence-electron chi connectivity index (χ2n) is 7.46. The number of aromatic hydroxyl groups is 1. The van der Waals surface area contributed by atoms with Crippen molar-refractivity contribution in [1.82, 2.24) is 18.5 Å². The van der Waals surface area contributed by atoms with Crippen LogP contribution in [0.5, 0.6) is 5.75 Å². The van der Waals surface area contributed by atoms with Gasteiger partial charge in [-0.1, -0.05) is 12.1 Å². The van der Waals surface area contributed by atoms with Crippen molar-refractivity contribution >= 4 is 16.1 Å². The number of rotatable bonds is 6. The molecule has 1 aromatic carbocycles. The zero-order chi connectivity index (χ0) is 22.9. The van der Waals surface area contributed by atoms with E-state index in [9.17, 15) is 27.5 Å². The van der Waals surface area contributed by atoms with Gasteiger partial charge in [-0.15, -0.1) is 0 Å². The number of hydrogen-bond acceptors (Lipinski definition) is 5. The highest BCUT2D eigenvalue weighted by atomic mass is 32.2. The van der Waals surface area contributed by atoms with E-state index in [0.29, 0.717) is 18.4 Å². The molecule has 1 aliphatic rings. The van der Waals surface area contributed by atoms with Gasteiger partial charge >= 0.3 is 5.56 Å². The molecule has 0 fully saturated rings. The Morgan fingerprint density at radius 1 is 1.29 bits per heavy atom. The number of fused-ring (bicyclic) bond motifs is 1. The molecule has 168 valence electrons. The number of carbonyl (C=O) groups is 1. The lowest BCUT2D eigenvalue weighted by molar-refractivity contribution is -0.411. The molecule has 31 heavy (non-hydrogen) atoms. The fourth-order valence-electron chi connectivity index (χ4n) is 3.47. The number of carbonyl (C=O) groups excluding carboxylic acids is 1. The summed E-state index contributed by atoms with van der Waals surface area (Å²) in [4.78, 5) is 28.1. The molecule has 3 rings (SSSR count). The van der Waals surface area contributed by atoms with Crippen molar-refractivity contribution in [3.05, 3.63) is 57.5 Å². The maximum absolute atomic E-state index is 13.0. The van der Waals surface area contributed by atoms with Crippen molar-refractivity contribution < 1.29 is 27.7 Å². The van der Waals surface area contributed by atoms with E-state index in [4.69, 9.17) is 0 Å². The van der Waals surface area contributed by atoms with Gasteiger partial charge in [0, 0.05) is 27.7 Å². The van der Waals surface area contributed by atoms with E-state index < -0.39 is 39.3 Å². The summed E-state index contributed by atoms with van der Waals surface area (Å²) in [5.74, 6) is -1.69. The van der Waals surface area contributed by atoms with Crippen LogP contribution in [0.15, 0.2) is 29.1 Å². The highest BCUT2D eigenvalue weighted by Gasteiger charge is 2.40. The molecule has 2 aromatic rings. The Labute approximate surface area is 179 Å². The molecular weight excluding hydrogens is 429 g/mol. The van der Waals surface area contributed by atoms with Crippen LogP contribution in [0.2, 0.25) is 0 Å². The number of halogens is 1. The standard InChI is InChI=1S/C19H24FN5O5S/c1-23(2)31(29,30)24(3)14-5-4-10-25-17(14)22-15(16(26)19(25)28)18(27)21-11-12-6-8-13(20)9-7-12/h6-9,14,26H,4-5,10-11H2,1-3H3,(H,21,27)/p+1. The first kappa shape index (κ1) is 22.8. The Bertz CT molecular complexity index is 1150. The Morgan fingerprint density at radius 3 is 2.55 bits per heavy atom. The van der Waals surface area contributed by atoms with Gasteiger partial charge < -0.3 is 10.4 Å². The number of nitrogens with one attached hydrogen (secondary N) is 2. The molecule has 1 atom stereocenters. The molecule has 1 unspecified atom stereocenters. The molecule has 2 heterocycles. The molecule has 1 aromatic heterocycles. The van der Waals surface area contributed by atoms with Crippen molar-refractivity contribution in [1.29, 1.82) is 0 Å². The molecule has 0 aliphatic carbocycles. The van der Waals surface area contributed by atoms with Crippen LogP contribution in [0.1, 0.15) is 40.8 Å². The Morgan fingerprint density at radius 2 is 1.94 bits per heavy atom. The first-order valence-electron chi connectivity index (χ1n) is 9.61. The largest absolute Gasteiger partial charge is 0.498 e. The molecule has 10 nitrogen and oxygen atoms in total. The van der Waals surface area contributed by atoms with Crippen LogP contribution in [-0.4, -0.2) is 53.8 Å². The lowest BCUT2D eigenvalue weighted by Gasteiger charge is -2.30. The summed E-state index contributed by atoms with van der Waals surface area (Å²) in [5, 5.41) is 12.9. The number of aromatic nitrogens is 2. The predicted molar refractivity (Wildman–Crippen MR) is 109 cm³/mol. The van der Waals surface area contributed by atoms with Gasteiger partial charge in [0.2, 0.25) is 5.69 Å². The van der Waals surface area contributed by atoms with Crippen molar-refractivity contribution in [2.75, 3.05) is 21.1 Å². The van der Waals surface area contributed by atoms with Gasteiger partial charge in [0.15, 0.2) is 0 Å². The van der Waals surface area contributed by atoms with Gasteiger partial charge in [0.05, 0.1) is 6.54 Å². The van der Waals surface area contributed by atoms with Crippen molar-refractivity contribution in [3.8, 4) is 5.75 Å². The third kappa shape index (κ3) is 4.45. The SMILES string of the molecule is CN(C)S(=O)(=O)N(C)C1CCCn2c1[nH+]c(C(=O)NCc1ccc(F)cc1)c(O)c2=O. The van der Waals surface area contributed by atoms with Gasteiger partial charge in [0.1, 0.15) is 11.9 Å². The highest BCUT2D eigenvalue weighted by molar-refractivity contribution is 7.86. The topological polar surface area (TPSA) is 126 Å². The Kier molecular flexibility index (Phi) is 6.43. The minimum atomic E-state index is -3.79. The minimum Gasteiger partial charge on any atom is -0.498 e. The Hall–Kier alpha value is -2.83. The lowest BCUT2D eigenvalue weighted by Crippen LogP contribution is -2.48. The number of benzene rings is 1. The van der Waals surface area contributed by atoms with Crippen LogP contribution in [0.3, 0.4) is 0 Å². The summed E-state index contributed by atoms with van der Waals surface area (Å²) in [6, 6.07) is 4.78. The van der Waals surface area contributed by atoms with Gasteiger partial charge in [0.25, 0.3) is 27.7 Å². The van der Waals surface area contributed by atoms with Gasteiger partial charge in [-0.2, -0.15) is 21.6 Å². The smallest absolute Gasteiger partial charge is 0.380 e. The molecule has 0 saturated heterocycles. The number of amides is 1. The summed E-state index contributed by atoms with van der Waals surface area (Å²) in [6.07, 6.45) is 0.954. The molecule has 12 heteroatoms. The second-order valence-corrected chi connectivity index (χ2v) is 9.67. The Balaban J connectivity index is 1.95. The van der Waals surface area contributed by atoms with Gasteiger partial charge in [-0.05, 0) is 30.5 Å². The van der Waals surface area contributed by atoms with E-state index in [1.807, 2.05) is 0 Å². The quantitative estimate of drug-likeness (QED) is 0.636. The first-order chi connectivity index (χ1) is 14.5. The lowest BCUT2D eigenvalue weighted by atomic mass is 10.1. The third-order valence-corrected chi connectivity index (χ3v) is 7.17. The van der Waals surface area contributed by atoms with Crippen LogP contribution in [0.25, 0.3) is 0 Å². The molecule has 0 bridgehead atoms. The zero-order valence-electron chi connectivity index (χ0n) is 17.4. The molecule has 1 amide bonds. The van der Waals surface area contributed by atoms with E-state index in [-0.39, 0.29) is 24.6 Å². The van der Waals surface area contributed by atoms with E-state index >= 15 is 0 Å².